The number of ether oxygens (including phenoxy) is 1. The van der Waals surface area contributed by atoms with Gasteiger partial charge in [0.2, 0.25) is 0 Å². The summed E-state index contributed by atoms with van der Waals surface area (Å²) in [5.74, 6) is 0.933. The van der Waals surface area contributed by atoms with Crippen molar-refractivity contribution in [1.82, 2.24) is 9.97 Å². The lowest BCUT2D eigenvalue weighted by molar-refractivity contribution is 0.107. The van der Waals surface area contributed by atoms with E-state index in [1.807, 2.05) is 12.1 Å². The van der Waals surface area contributed by atoms with Gasteiger partial charge in [0.1, 0.15) is 5.82 Å². The quantitative estimate of drug-likeness (QED) is 0.871. The first-order chi connectivity index (χ1) is 7.83. The highest BCUT2D eigenvalue weighted by Gasteiger charge is 2.15. The van der Waals surface area contributed by atoms with Crippen LogP contribution in [0.3, 0.4) is 0 Å². The molecule has 0 saturated carbocycles. The number of nitrogens with one attached hydrogen (secondary N) is 1. The summed E-state index contributed by atoms with van der Waals surface area (Å²) in [5, 5.41) is 0. The number of aromatic amines is 1. The molecule has 82 valence electrons. The maximum atomic E-state index is 5.39. The smallest absolute Gasteiger partial charge is 0.137 e. The number of nitrogens with zero attached hydrogens (tertiary/aromatic N) is 1. The monoisotopic (exact) mass is 278 g/mol. The molecule has 0 spiro atoms. The molecule has 0 amide bonds. The van der Waals surface area contributed by atoms with Gasteiger partial charge in [-0.2, -0.15) is 0 Å². The maximum absolute atomic E-state index is 5.39. The number of imidazole rings is 1. The highest BCUT2D eigenvalue weighted by atomic mass is 79.9. The molecule has 3 nitrogen and oxygen atoms in total. The predicted octanol–water partition coefficient (Wildman–Crippen LogP) is 2.91. The van der Waals surface area contributed by atoms with Crippen molar-refractivity contribution < 1.29 is 4.74 Å². The summed E-state index contributed by atoms with van der Waals surface area (Å²) in [7, 11) is 0. The van der Waals surface area contributed by atoms with Crippen molar-refractivity contribution in [2.75, 3.05) is 6.61 Å². The van der Waals surface area contributed by atoms with E-state index < -0.39 is 0 Å². The first-order valence-electron chi connectivity index (χ1n) is 5.24. The Balaban J connectivity index is 2.00. The van der Waals surface area contributed by atoms with Crippen molar-refractivity contribution in [2.24, 2.45) is 0 Å². The van der Waals surface area contributed by atoms with E-state index in [4.69, 9.17) is 4.74 Å². The number of halogens is 1. The molecule has 3 rings (SSSR count). The van der Waals surface area contributed by atoms with Gasteiger partial charge in [-0.15, -0.1) is 0 Å². The predicted molar refractivity (Wildman–Crippen MR) is 65.1 cm³/mol. The minimum Gasteiger partial charge on any atom is -0.375 e. The fourth-order valence-electron chi connectivity index (χ4n) is 1.86. The van der Waals surface area contributed by atoms with Crippen molar-refractivity contribution in [3.05, 3.63) is 40.1 Å². The second-order valence-electron chi connectivity index (χ2n) is 3.82. The Hall–Kier alpha value is -1.13. The number of hydrogen-bond acceptors (Lipinski definition) is 2. The van der Waals surface area contributed by atoms with Crippen LogP contribution in [0.1, 0.15) is 11.4 Å². The third kappa shape index (κ3) is 1.79. The summed E-state index contributed by atoms with van der Waals surface area (Å²) in [6, 6.07) is 8.14. The second kappa shape index (κ2) is 4.03. The van der Waals surface area contributed by atoms with E-state index in [-0.39, 0.29) is 0 Å². The van der Waals surface area contributed by atoms with Crippen molar-refractivity contribution in [3.8, 4) is 11.4 Å². The molecule has 2 heterocycles. The molecule has 0 saturated heterocycles. The zero-order chi connectivity index (χ0) is 11.0. The summed E-state index contributed by atoms with van der Waals surface area (Å²) in [6.07, 6.45) is 0.905. The molecule has 0 unspecified atom stereocenters. The van der Waals surface area contributed by atoms with Gasteiger partial charge in [-0.1, -0.05) is 28.1 Å². The fourth-order valence-corrected chi connectivity index (χ4v) is 2.12. The van der Waals surface area contributed by atoms with E-state index in [0.29, 0.717) is 6.61 Å². The Labute approximate surface area is 102 Å². The van der Waals surface area contributed by atoms with Gasteiger partial charge in [-0.3, -0.25) is 0 Å². The lowest BCUT2D eigenvalue weighted by atomic mass is 10.2. The highest BCUT2D eigenvalue weighted by molar-refractivity contribution is 9.10. The van der Waals surface area contributed by atoms with E-state index in [0.717, 1.165) is 40.3 Å². The molecule has 2 aromatic rings. The van der Waals surface area contributed by atoms with Crippen LogP contribution in [0.25, 0.3) is 11.4 Å². The van der Waals surface area contributed by atoms with Gasteiger partial charge in [0, 0.05) is 16.5 Å². The molecule has 0 aliphatic carbocycles. The molecular weight excluding hydrogens is 268 g/mol. The summed E-state index contributed by atoms with van der Waals surface area (Å²) in [4.78, 5) is 7.92. The molecule has 1 aromatic carbocycles. The molecule has 1 N–H and O–H groups in total. The zero-order valence-electron chi connectivity index (χ0n) is 8.66. The van der Waals surface area contributed by atoms with Crippen molar-refractivity contribution >= 4 is 15.9 Å². The average Bonchev–Trinajstić information content (AvgIpc) is 2.73. The number of hydrogen-bond donors (Lipinski definition) is 1. The van der Waals surface area contributed by atoms with E-state index in [1.165, 1.54) is 0 Å². The van der Waals surface area contributed by atoms with E-state index >= 15 is 0 Å². The highest BCUT2D eigenvalue weighted by Crippen LogP contribution is 2.22. The Kier molecular flexibility index (Phi) is 2.53. The van der Waals surface area contributed by atoms with Crippen LogP contribution in [0.2, 0.25) is 0 Å². The SMILES string of the molecule is Brc1ccc(-c2nc3c([nH]2)COCC3)cc1. The topological polar surface area (TPSA) is 37.9 Å². The maximum Gasteiger partial charge on any atom is 0.137 e. The third-order valence-corrected chi connectivity index (χ3v) is 3.24. The molecule has 0 atom stereocenters. The Morgan fingerprint density at radius 3 is 2.81 bits per heavy atom. The summed E-state index contributed by atoms with van der Waals surface area (Å²) in [6.45, 7) is 1.43. The number of fused-ring (bicyclic) bond motifs is 1. The van der Waals surface area contributed by atoms with Gasteiger partial charge < -0.3 is 9.72 Å². The van der Waals surface area contributed by atoms with Crippen LogP contribution in [-0.2, 0) is 17.8 Å². The standard InChI is InChI=1S/C12H11BrN2O/c13-9-3-1-8(2-4-9)12-14-10-5-6-16-7-11(10)15-12/h1-4H,5-7H2,(H,14,15). The molecule has 16 heavy (non-hydrogen) atoms. The fraction of sp³-hybridized carbons (Fsp3) is 0.250. The van der Waals surface area contributed by atoms with Crippen LogP contribution in [0.5, 0.6) is 0 Å². The van der Waals surface area contributed by atoms with Crippen molar-refractivity contribution in [2.45, 2.75) is 13.0 Å². The molecule has 1 aliphatic heterocycles. The number of rotatable bonds is 1. The number of benzene rings is 1. The van der Waals surface area contributed by atoms with Crippen LogP contribution in [-0.4, -0.2) is 16.6 Å². The second-order valence-corrected chi connectivity index (χ2v) is 4.74. The van der Waals surface area contributed by atoms with Gasteiger partial charge in [0.25, 0.3) is 0 Å². The Morgan fingerprint density at radius 1 is 1.25 bits per heavy atom. The van der Waals surface area contributed by atoms with Crippen molar-refractivity contribution in [1.29, 1.82) is 0 Å². The zero-order valence-corrected chi connectivity index (χ0v) is 10.3. The average molecular weight is 279 g/mol. The van der Waals surface area contributed by atoms with Crippen LogP contribution in [0, 0.1) is 0 Å². The molecule has 0 radical (unpaired) electrons. The van der Waals surface area contributed by atoms with Crippen LogP contribution in [0.15, 0.2) is 28.7 Å². The lowest BCUT2D eigenvalue weighted by Crippen LogP contribution is -2.08. The van der Waals surface area contributed by atoms with Crippen LogP contribution >= 0.6 is 15.9 Å². The number of aromatic nitrogens is 2. The molecular formula is C12H11BrN2O. The van der Waals surface area contributed by atoms with Crippen molar-refractivity contribution in [3.63, 3.8) is 0 Å². The molecule has 4 heteroatoms. The van der Waals surface area contributed by atoms with Gasteiger partial charge in [-0.05, 0) is 12.1 Å². The normalized spacial score (nSPS) is 14.8. The largest absolute Gasteiger partial charge is 0.375 e. The van der Waals surface area contributed by atoms with E-state index in [2.05, 4.69) is 38.0 Å². The van der Waals surface area contributed by atoms with Gasteiger partial charge in [-0.25, -0.2) is 4.98 Å². The Bertz CT molecular complexity index is 481. The summed E-state index contributed by atoms with van der Waals surface area (Å²) < 4.78 is 6.47. The van der Waals surface area contributed by atoms with Gasteiger partial charge in [0.05, 0.1) is 24.6 Å². The Morgan fingerprint density at radius 2 is 2.06 bits per heavy atom. The molecule has 0 bridgehead atoms. The first kappa shape index (κ1) is 10.1. The van der Waals surface area contributed by atoms with E-state index in [9.17, 15) is 0 Å². The van der Waals surface area contributed by atoms with Crippen LogP contribution < -0.4 is 0 Å². The number of H-pyrrole nitrogens is 1. The van der Waals surface area contributed by atoms with Crippen LogP contribution in [0.4, 0.5) is 0 Å². The third-order valence-electron chi connectivity index (χ3n) is 2.71. The minimum absolute atomic E-state index is 0.652. The first-order valence-corrected chi connectivity index (χ1v) is 6.04. The van der Waals surface area contributed by atoms with Gasteiger partial charge >= 0.3 is 0 Å². The molecule has 1 aromatic heterocycles. The molecule has 1 aliphatic rings. The minimum atomic E-state index is 0.652. The summed E-state index contributed by atoms with van der Waals surface area (Å²) in [5.41, 5.74) is 3.37. The lowest BCUT2D eigenvalue weighted by Gasteiger charge is -2.09. The summed E-state index contributed by atoms with van der Waals surface area (Å²) >= 11 is 3.42. The molecule has 0 fully saturated rings. The van der Waals surface area contributed by atoms with E-state index in [1.54, 1.807) is 0 Å². The van der Waals surface area contributed by atoms with Gasteiger partial charge in [0.15, 0.2) is 0 Å².